The van der Waals surface area contributed by atoms with Crippen LogP contribution in [-0.4, -0.2) is 9.13 Å². The van der Waals surface area contributed by atoms with Gasteiger partial charge in [-0.3, -0.25) is 0 Å². The van der Waals surface area contributed by atoms with E-state index < -0.39 is 9.13 Å². The van der Waals surface area contributed by atoms with Gasteiger partial charge in [-0.25, -0.2) is 0 Å². The molecule has 0 bridgehead atoms. The Hall–Kier alpha value is -2.45. The molecule has 4 aromatic carbocycles. The van der Waals surface area contributed by atoms with Crippen molar-refractivity contribution in [2.45, 2.75) is 0 Å². The molecule has 0 atom stereocenters. The van der Waals surface area contributed by atoms with Crippen molar-refractivity contribution in [3.8, 4) is 0 Å². The minimum absolute atomic E-state index is 0.833. The van der Waals surface area contributed by atoms with Crippen LogP contribution >= 0.6 is 0 Å². The van der Waals surface area contributed by atoms with E-state index in [1.165, 1.54) is 0 Å². The molecule has 0 aliphatic rings. The fourth-order valence-electron chi connectivity index (χ4n) is 2.98. The maximum absolute atomic E-state index is 15.4. The summed E-state index contributed by atoms with van der Waals surface area (Å²) >= 11 is 0. The largest absolute Gasteiger partial charge is 0.341 e. The Labute approximate surface area is 130 Å². The Morgan fingerprint density at radius 1 is 0.500 bits per heavy atom. The van der Waals surface area contributed by atoms with Crippen molar-refractivity contribution >= 4 is 41.0 Å². The lowest BCUT2D eigenvalue weighted by Gasteiger charge is -2.12. The zero-order valence-corrected chi connectivity index (χ0v) is 13.0. The highest BCUT2D eigenvalue weighted by Crippen LogP contribution is 2.15. The zero-order valence-electron chi connectivity index (χ0n) is 12.0. The van der Waals surface area contributed by atoms with Crippen LogP contribution in [0.15, 0.2) is 84.9 Å². The maximum atomic E-state index is 15.4. The molecule has 2 heteroatoms. The SMILES string of the molecule is F[Si](c1cccc2ccccc12)c1cccc2ccccc12. The second kappa shape index (κ2) is 5.39. The van der Waals surface area contributed by atoms with E-state index in [2.05, 4.69) is 0 Å². The lowest BCUT2D eigenvalue weighted by molar-refractivity contribution is 0.866. The second-order valence-corrected chi connectivity index (χ2v) is 7.07. The first-order valence-corrected chi connectivity index (χ1v) is 8.71. The highest BCUT2D eigenvalue weighted by molar-refractivity contribution is 6.83. The van der Waals surface area contributed by atoms with Gasteiger partial charge in [0, 0.05) is 0 Å². The number of fused-ring (bicyclic) bond motifs is 2. The summed E-state index contributed by atoms with van der Waals surface area (Å²) in [6, 6.07) is 27.9. The normalized spacial score (nSPS) is 11.4. The molecule has 0 spiro atoms. The molecule has 105 valence electrons. The van der Waals surface area contributed by atoms with Crippen molar-refractivity contribution in [3.63, 3.8) is 0 Å². The fourth-order valence-corrected chi connectivity index (χ4v) is 4.68. The van der Waals surface area contributed by atoms with Crippen LogP contribution in [0, 0.1) is 0 Å². The molecule has 0 saturated heterocycles. The van der Waals surface area contributed by atoms with Crippen molar-refractivity contribution in [1.29, 1.82) is 0 Å². The van der Waals surface area contributed by atoms with Gasteiger partial charge in [-0.05, 0) is 31.9 Å². The van der Waals surface area contributed by atoms with Crippen molar-refractivity contribution in [2.75, 3.05) is 0 Å². The predicted octanol–water partition coefficient (Wildman–Crippen LogP) is 4.07. The van der Waals surface area contributed by atoms with E-state index in [1.54, 1.807) is 0 Å². The molecule has 0 unspecified atom stereocenters. The molecular formula is C20H14FSi. The lowest BCUT2D eigenvalue weighted by Crippen LogP contribution is -2.39. The third-order valence-corrected chi connectivity index (χ3v) is 5.87. The molecule has 0 N–H and O–H groups in total. The van der Waals surface area contributed by atoms with Crippen LogP contribution in [0.3, 0.4) is 0 Å². The summed E-state index contributed by atoms with van der Waals surface area (Å²) in [6.07, 6.45) is 0. The van der Waals surface area contributed by atoms with Gasteiger partial charge in [-0.2, -0.15) is 0 Å². The fraction of sp³-hybridized carbons (Fsp3) is 0. The average Bonchev–Trinajstić information content (AvgIpc) is 2.60. The summed E-state index contributed by atoms with van der Waals surface area (Å²) < 4.78 is 15.4. The molecule has 4 rings (SSSR count). The van der Waals surface area contributed by atoms with Crippen LogP contribution in [-0.2, 0) is 0 Å². The van der Waals surface area contributed by atoms with Crippen LogP contribution in [0.4, 0.5) is 4.11 Å². The first-order valence-electron chi connectivity index (χ1n) is 7.33. The molecule has 0 nitrogen and oxygen atoms in total. The van der Waals surface area contributed by atoms with Crippen molar-refractivity contribution < 1.29 is 4.11 Å². The Bertz CT molecular complexity index is 872. The summed E-state index contributed by atoms with van der Waals surface area (Å²) in [5, 5.41) is 5.91. The Morgan fingerprint density at radius 3 is 1.41 bits per heavy atom. The summed E-state index contributed by atoms with van der Waals surface area (Å²) in [6.45, 7) is 0. The van der Waals surface area contributed by atoms with Gasteiger partial charge in [0.25, 0.3) is 0 Å². The van der Waals surface area contributed by atoms with E-state index in [9.17, 15) is 0 Å². The van der Waals surface area contributed by atoms with Gasteiger partial charge in [0.05, 0.1) is 0 Å². The van der Waals surface area contributed by atoms with Crippen LogP contribution in [0.1, 0.15) is 0 Å². The molecule has 1 radical (unpaired) electrons. The lowest BCUT2D eigenvalue weighted by atomic mass is 10.1. The van der Waals surface area contributed by atoms with Crippen LogP contribution in [0.25, 0.3) is 21.5 Å². The van der Waals surface area contributed by atoms with Gasteiger partial charge in [0.2, 0.25) is 0 Å². The van der Waals surface area contributed by atoms with E-state index in [1.807, 2.05) is 84.9 Å². The molecule has 0 fully saturated rings. The van der Waals surface area contributed by atoms with Crippen molar-refractivity contribution in [1.82, 2.24) is 0 Å². The predicted molar refractivity (Wildman–Crippen MR) is 94.0 cm³/mol. The average molecular weight is 301 g/mol. The maximum Gasteiger partial charge on any atom is 0.341 e. The minimum atomic E-state index is -2.29. The highest BCUT2D eigenvalue weighted by atomic mass is 28.3. The molecule has 0 aliphatic heterocycles. The number of benzene rings is 4. The number of hydrogen-bond acceptors (Lipinski definition) is 0. The Kier molecular flexibility index (Phi) is 3.24. The molecule has 0 heterocycles. The van der Waals surface area contributed by atoms with E-state index >= 15 is 4.11 Å². The van der Waals surface area contributed by atoms with Crippen LogP contribution < -0.4 is 10.4 Å². The molecular weight excluding hydrogens is 287 g/mol. The summed E-state index contributed by atoms with van der Waals surface area (Å²) in [7, 11) is -2.29. The third-order valence-electron chi connectivity index (χ3n) is 4.05. The molecule has 0 aliphatic carbocycles. The summed E-state index contributed by atoms with van der Waals surface area (Å²) in [5.41, 5.74) is 0. The van der Waals surface area contributed by atoms with Gasteiger partial charge in [0.1, 0.15) is 0 Å². The molecule has 22 heavy (non-hydrogen) atoms. The van der Waals surface area contributed by atoms with E-state index in [-0.39, 0.29) is 0 Å². The van der Waals surface area contributed by atoms with Crippen molar-refractivity contribution in [3.05, 3.63) is 84.9 Å². The standard InChI is InChI=1S/C20H14FSi/c21-22(19-13-5-9-15-7-1-3-11-17(15)19)20-14-6-10-16-8-2-4-12-18(16)20/h1-14H. The Morgan fingerprint density at radius 2 is 0.909 bits per heavy atom. The Balaban J connectivity index is 1.94. The van der Waals surface area contributed by atoms with E-state index in [0.29, 0.717) is 0 Å². The number of rotatable bonds is 2. The highest BCUT2D eigenvalue weighted by Gasteiger charge is 2.21. The van der Waals surface area contributed by atoms with E-state index in [4.69, 9.17) is 0 Å². The van der Waals surface area contributed by atoms with Gasteiger partial charge in [0.15, 0.2) is 0 Å². The summed E-state index contributed by atoms with van der Waals surface area (Å²) in [4.78, 5) is 0. The van der Waals surface area contributed by atoms with Crippen LogP contribution in [0.2, 0.25) is 0 Å². The first-order chi connectivity index (χ1) is 10.8. The molecule has 0 amide bonds. The number of halogens is 1. The monoisotopic (exact) mass is 301 g/mol. The second-order valence-electron chi connectivity index (χ2n) is 5.37. The quantitative estimate of drug-likeness (QED) is 0.387. The van der Waals surface area contributed by atoms with Gasteiger partial charge in [-0.1, -0.05) is 84.9 Å². The third kappa shape index (κ3) is 2.13. The summed E-state index contributed by atoms with van der Waals surface area (Å²) in [5.74, 6) is 0. The van der Waals surface area contributed by atoms with Gasteiger partial charge < -0.3 is 4.11 Å². The topological polar surface area (TPSA) is 0 Å². The first kappa shape index (κ1) is 13.2. The smallest absolute Gasteiger partial charge is 0.302 e. The zero-order chi connectivity index (χ0) is 14.9. The van der Waals surface area contributed by atoms with Crippen LogP contribution in [0.5, 0.6) is 0 Å². The van der Waals surface area contributed by atoms with Gasteiger partial charge >= 0.3 is 9.13 Å². The molecule has 0 aromatic heterocycles. The van der Waals surface area contributed by atoms with Gasteiger partial charge in [-0.15, -0.1) is 0 Å². The van der Waals surface area contributed by atoms with Crippen molar-refractivity contribution in [2.24, 2.45) is 0 Å². The minimum Gasteiger partial charge on any atom is -0.302 e. The molecule has 0 saturated carbocycles. The number of hydrogen-bond donors (Lipinski definition) is 0. The molecule has 4 aromatic rings. The van der Waals surface area contributed by atoms with E-state index in [0.717, 1.165) is 31.9 Å².